The van der Waals surface area contributed by atoms with Crippen molar-refractivity contribution in [2.45, 2.75) is 0 Å². The van der Waals surface area contributed by atoms with Crippen LogP contribution in [0.4, 0.5) is 0 Å². The van der Waals surface area contributed by atoms with Crippen LogP contribution in [0.15, 0.2) is 10.9 Å². The largest absolute Gasteiger partial charge is 1.00 e. The molecule has 0 bridgehead atoms. The zero-order chi connectivity index (χ0) is 8.43. The Bertz CT molecular complexity index is 351. The summed E-state index contributed by atoms with van der Waals surface area (Å²) >= 11 is 4.18. The molecule has 5 nitrogen and oxygen atoms in total. The minimum Gasteiger partial charge on any atom is -0.862 e. The van der Waals surface area contributed by atoms with Gasteiger partial charge in [-0.15, -0.1) is 0 Å². The van der Waals surface area contributed by atoms with Crippen LogP contribution in [-0.4, -0.2) is 20.1 Å². The molecule has 58 valence electrons. The van der Waals surface area contributed by atoms with Crippen LogP contribution in [0.3, 0.4) is 0 Å². The molecule has 0 radical (unpaired) electrons. The molecule has 0 aliphatic heterocycles. The zero-order valence-corrected chi connectivity index (χ0v) is 9.01. The molecule has 0 fully saturated rings. The van der Waals surface area contributed by atoms with Crippen LogP contribution in [0, 0.1) is 0 Å². The van der Waals surface area contributed by atoms with Gasteiger partial charge in [0.2, 0.25) is 5.88 Å². The van der Waals surface area contributed by atoms with Crippen LogP contribution in [-0.2, 0) is 0 Å². The van der Waals surface area contributed by atoms with Gasteiger partial charge >= 0.3 is 29.6 Å². The molecule has 12 heavy (non-hydrogen) atoms. The van der Waals surface area contributed by atoms with Crippen molar-refractivity contribution >= 4 is 17.3 Å². The number of aromatic nitrogens is 2. The molecule has 0 aliphatic carbocycles. The van der Waals surface area contributed by atoms with E-state index < -0.39 is 16.5 Å². The summed E-state index contributed by atoms with van der Waals surface area (Å²) in [6.07, 6.45) is 0. The van der Waals surface area contributed by atoms with Gasteiger partial charge in [-0.25, -0.2) is 0 Å². The van der Waals surface area contributed by atoms with Crippen molar-refractivity contribution in [3.63, 3.8) is 0 Å². The van der Waals surface area contributed by atoms with E-state index >= 15 is 0 Å². The van der Waals surface area contributed by atoms with E-state index in [4.69, 9.17) is 5.11 Å². The Kier molecular flexibility index (Phi) is 4.40. The third kappa shape index (κ3) is 2.90. The molecule has 0 aromatic carbocycles. The van der Waals surface area contributed by atoms with Crippen LogP contribution in [0.1, 0.15) is 5.82 Å². The number of hydrogen-bond acceptors (Lipinski definition) is 5. The molecule has 0 amide bonds. The second-order valence-electron chi connectivity index (χ2n) is 1.74. The average Bonchev–Trinajstić information content (AvgIpc) is 1.85. The Balaban J connectivity index is 0.00000121. The summed E-state index contributed by atoms with van der Waals surface area (Å²) in [7, 11) is 0. The zero-order valence-electron chi connectivity index (χ0n) is 6.20. The van der Waals surface area contributed by atoms with Gasteiger partial charge < -0.3 is 15.2 Å². The molecule has 0 atom stereocenters. The molecule has 2 N–H and O–H groups in total. The molecule has 1 rings (SSSR count). The summed E-state index contributed by atoms with van der Waals surface area (Å²) in [4.78, 5) is 15.9. The number of hydrogen-bond donors (Lipinski definition) is 2. The number of aromatic hydroxyl groups is 1. The summed E-state index contributed by atoms with van der Waals surface area (Å²) < 4.78 is 0. The molecule has 0 aliphatic rings. The number of thiocarbonyl (C=S) groups is 1. The SMILES string of the molecule is O=c1cc(O)nc(C([O-])=S)[nH]1.[Na+]. The predicted molar refractivity (Wildman–Crippen MR) is 38.2 cm³/mol. The number of nitrogens with zero attached hydrogens (tertiary/aromatic N) is 1. The molecule has 1 aromatic heterocycles. The molecule has 7 heteroatoms. The summed E-state index contributed by atoms with van der Waals surface area (Å²) in [5.41, 5.74) is -0.606. The van der Waals surface area contributed by atoms with Gasteiger partial charge in [-0.1, -0.05) is 12.2 Å². The van der Waals surface area contributed by atoms with Crippen LogP contribution >= 0.6 is 12.2 Å². The van der Waals surface area contributed by atoms with Crippen molar-refractivity contribution in [1.29, 1.82) is 0 Å². The molecule has 0 unspecified atom stereocenters. The predicted octanol–water partition coefficient (Wildman–Crippen LogP) is -4.48. The standard InChI is InChI=1S/C5H4N2O3S.Na/c8-2-1-3(9)7-4(6-2)5(10)11;/h1H,(H,10,11)(H2,6,7,8,9);/q;+1/p-1. The van der Waals surface area contributed by atoms with E-state index in [-0.39, 0.29) is 35.4 Å². The fraction of sp³-hybridized carbons (Fsp3) is 0. The molecule has 0 saturated heterocycles. The first-order valence-corrected chi connectivity index (χ1v) is 3.02. The van der Waals surface area contributed by atoms with E-state index in [2.05, 4.69) is 22.2 Å². The Hall–Kier alpha value is -0.430. The van der Waals surface area contributed by atoms with Crippen LogP contribution in [0.25, 0.3) is 0 Å². The van der Waals surface area contributed by atoms with E-state index in [0.29, 0.717) is 0 Å². The second kappa shape index (κ2) is 4.56. The summed E-state index contributed by atoms with van der Waals surface area (Å²) in [6, 6.07) is 0.849. The van der Waals surface area contributed by atoms with Gasteiger partial charge in [-0.05, 0) is 0 Å². The smallest absolute Gasteiger partial charge is 0.862 e. The van der Waals surface area contributed by atoms with Crippen molar-refractivity contribution < 1.29 is 39.8 Å². The Morgan fingerprint density at radius 3 is 2.75 bits per heavy atom. The second-order valence-corrected chi connectivity index (χ2v) is 2.11. The number of H-pyrrole nitrogens is 1. The maximum atomic E-state index is 10.6. The van der Waals surface area contributed by atoms with E-state index in [0.717, 1.165) is 6.07 Å². The van der Waals surface area contributed by atoms with E-state index in [1.54, 1.807) is 0 Å². The third-order valence-corrected chi connectivity index (χ3v) is 1.11. The topological polar surface area (TPSA) is 89.0 Å². The number of nitrogens with one attached hydrogen (secondary N) is 1. The van der Waals surface area contributed by atoms with Crippen LogP contribution < -0.4 is 40.2 Å². The first-order chi connectivity index (χ1) is 5.09. The van der Waals surface area contributed by atoms with Gasteiger partial charge in [-0.2, -0.15) is 4.98 Å². The minimum absolute atomic E-state index is 0. The Morgan fingerprint density at radius 2 is 2.33 bits per heavy atom. The van der Waals surface area contributed by atoms with E-state index in [9.17, 15) is 9.90 Å². The maximum Gasteiger partial charge on any atom is 1.00 e. The summed E-state index contributed by atoms with van der Waals surface area (Å²) in [5.74, 6) is -0.827. The molecule has 0 spiro atoms. The first kappa shape index (κ1) is 11.6. The van der Waals surface area contributed by atoms with E-state index in [1.165, 1.54) is 0 Å². The third-order valence-electron chi connectivity index (χ3n) is 0.921. The fourth-order valence-corrected chi connectivity index (χ4v) is 0.638. The molecule has 1 heterocycles. The van der Waals surface area contributed by atoms with Crippen LogP contribution in [0.2, 0.25) is 0 Å². The number of aromatic amines is 1. The summed E-state index contributed by atoms with van der Waals surface area (Å²) in [5, 5.41) is 18.3. The van der Waals surface area contributed by atoms with E-state index in [1.807, 2.05) is 0 Å². The van der Waals surface area contributed by atoms with Crippen molar-refractivity contribution in [3.05, 3.63) is 22.2 Å². The minimum atomic E-state index is -0.807. The average molecular weight is 194 g/mol. The van der Waals surface area contributed by atoms with Crippen LogP contribution in [0.5, 0.6) is 5.88 Å². The normalized spacial score (nSPS) is 8.67. The van der Waals surface area contributed by atoms with Gasteiger partial charge in [0.25, 0.3) is 5.56 Å². The van der Waals surface area contributed by atoms with Gasteiger partial charge in [0.15, 0.2) is 0 Å². The molecular weight excluding hydrogens is 191 g/mol. The van der Waals surface area contributed by atoms with Gasteiger partial charge in [0, 0.05) is 5.05 Å². The quantitative estimate of drug-likeness (QED) is 0.347. The van der Waals surface area contributed by atoms with Crippen molar-refractivity contribution in [3.8, 4) is 5.88 Å². The van der Waals surface area contributed by atoms with Crippen molar-refractivity contribution in [2.24, 2.45) is 0 Å². The van der Waals surface area contributed by atoms with Gasteiger partial charge in [-0.3, -0.25) is 4.79 Å². The Labute approximate surface area is 94.8 Å². The summed E-state index contributed by atoms with van der Waals surface area (Å²) in [6.45, 7) is 0. The molecule has 1 aromatic rings. The van der Waals surface area contributed by atoms with Crippen molar-refractivity contribution in [1.82, 2.24) is 9.97 Å². The van der Waals surface area contributed by atoms with Gasteiger partial charge in [0.1, 0.15) is 5.82 Å². The fourth-order valence-electron chi connectivity index (χ4n) is 0.541. The molecule has 0 saturated carbocycles. The number of rotatable bonds is 1. The monoisotopic (exact) mass is 194 g/mol. The van der Waals surface area contributed by atoms with Gasteiger partial charge in [0.05, 0.1) is 6.07 Å². The van der Waals surface area contributed by atoms with Crippen molar-refractivity contribution in [2.75, 3.05) is 0 Å². The Morgan fingerprint density at radius 1 is 1.75 bits per heavy atom. The molecular formula is C5H3N2NaO3S. The maximum absolute atomic E-state index is 10.6. The first-order valence-electron chi connectivity index (χ1n) is 2.61.